The molecule has 3 heteroatoms. The maximum Gasteiger partial charge on any atom is 0.119 e. The molecule has 1 aliphatic rings. The molecule has 2 rings (SSSR count). The molecular formula is C17H26ClNO. The molecule has 0 amide bonds. The zero-order valence-electron chi connectivity index (χ0n) is 12.8. The van der Waals surface area contributed by atoms with Gasteiger partial charge in [0.1, 0.15) is 5.75 Å². The molecule has 0 N–H and O–H groups in total. The highest BCUT2D eigenvalue weighted by Gasteiger charge is 2.26. The Morgan fingerprint density at radius 1 is 1.20 bits per heavy atom. The van der Waals surface area contributed by atoms with Gasteiger partial charge < -0.3 is 4.74 Å². The van der Waals surface area contributed by atoms with Gasteiger partial charge in [0.25, 0.3) is 0 Å². The van der Waals surface area contributed by atoms with Gasteiger partial charge >= 0.3 is 0 Å². The lowest BCUT2D eigenvalue weighted by Crippen LogP contribution is -2.45. The molecule has 3 unspecified atom stereocenters. The molecule has 0 aliphatic carbocycles. The molecule has 1 aromatic carbocycles. The summed E-state index contributed by atoms with van der Waals surface area (Å²) < 4.78 is 5.47. The minimum atomic E-state index is 0.0497. The van der Waals surface area contributed by atoms with Gasteiger partial charge in [-0.3, -0.25) is 4.90 Å². The third-order valence-electron chi connectivity index (χ3n) is 4.30. The summed E-state index contributed by atoms with van der Waals surface area (Å²) in [5, 5.41) is 0.0497. The van der Waals surface area contributed by atoms with Crippen LogP contribution in [0.1, 0.15) is 51.0 Å². The third kappa shape index (κ3) is 3.89. The summed E-state index contributed by atoms with van der Waals surface area (Å²) in [6, 6.07) is 9.48. The second-order valence-electron chi connectivity index (χ2n) is 5.80. The van der Waals surface area contributed by atoms with Crippen molar-refractivity contribution in [2.75, 3.05) is 13.2 Å². The van der Waals surface area contributed by atoms with Crippen LogP contribution in [-0.4, -0.2) is 30.1 Å². The van der Waals surface area contributed by atoms with Gasteiger partial charge in [-0.05, 0) is 51.3 Å². The molecule has 0 spiro atoms. The summed E-state index contributed by atoms with van der Waals surface area (Å²) in [6.45, 7) is 8.26. The van der Waals surface area contributed by atoms with E-state index < -0.39 is 0 Å². The predicted octanol–water partition coefficient (Wildman–Crippen LogP) is 4.63. The first-order valence-electron chi connectivity index (χ1n) is 7.74. The fraction of sp³-hybridized carbons (Fsp3) is 0.647. The van der Waals surface area contributed by atoms with Gasteiger partial charge in [0.15, 0.2) is 0 Å². The van der Waals surface area contributed by atoms with Crippen LogP contribution in [0.3, 0.4) is 0 Å². The molecule has 1 heterocycles. The van der Waals surface area contributed by atoms with Crippen molar-refractivity contribution >= 4 is 11.6 Å². The average molecular weight is 296 g/mol. The van der Waals surface area contributed by atoms with E-state index in [4.69, 9.17) is 16.3 Å². The van der Waals surface area contributed by atoms with Gasteiger partial charge in [0, 0.05) is 18.6 Å². The zero-order chi connectivity index (χ0) is 14.5. The molecule has 1 aromatic rings. The van der Waals surface area contributed by atoms with Gasteiger partial charge in [0.05, 0.1) is 12.0 Å². The van der Waals surface area contributed by atoms with E-state index in [9.17, 15) is 0 Å². The topological polar surface area (TPSA) is 12.5 Å². The largest absolute Gasteiger partial charge is 0.494 e. The maximum atomic E-state index is 6.62. The summed E-state index contributed by atoms with van der Waals surface area (Å²) in [6.07, 6.45) is 3.92. The number of hydrogen-bond acceptors (Lipinski definition) is 2. The fourth-order valence-electron chi connectivity index (χ4n) is 3.06. The molecule has 1 aliphatic heterocycles. The van der Waals surface area contributed by atoms with E-state index in [0.717, 1.165) is 12.3 Å². The molecule has 0 bridgehead atoms. The summed E-state index contributed by atoms with van der Waals surface area (Å²) >= 11 is 6.62. The molecule has 2 nitrogen and oxygen atoms in total. The Bertz CT molecular complexity index is 396. The fourth-order valence-corrected chi connectivity index (χ4v) is 3.37. The number of halogens is 1. The van der Waals surface area contributed by atoms with Crippen molar-refractivity contribution in [1.82, 2.24) is 4.90 Å². The number of likely N-dealkylation sites (tertiary alicyclic amines) is 1. The van der Waals surface area contributed by atoms with Crippen LogP contribution in [0, 0.1) is 0 Å². The highest BCUT2D eigenvalue weighted by atomic mass is 35.5. The molecule has 0 saturated carbocycles. The molecule has 1 saturated heterocycles. The van der Waals surface area contributed by atoms with Gasteiger partial charge in [-0.2, -0.15) is 0 Å². The lowest BCUT2D eigenvalue weighted by atomic mass is 9.96. The number of alkyl halides is 1. The van der Waals surface area contributed by atoms with Gasteiger partial charge in [-0.25, -0.2) is 0 Å². The van der Waals surface area contributed by atoms with Gasteiger partial charge in [0.2, 0.25) is 0 Å². The van der Waals surface area contributed by atoms with Crippen molar-refractivity contribution < 1.29 is 4.74 Å². The van der Waals surface area contributed by atoms with Crippen molar-refractivity contribution in [2.24, 2.45) is 0 Å². The van der Waals surface area contributed by atoms with E-state index in [0.29, 0.717) is 18.7 Å². The molecule has 3 atom stereocenters. The monoisotopic (exact) mass is 295 g/mol. The van der Waals surface area contributed by atoms with Crippen LogP contribution in [0.25, 0.3) is 0 Å². The van der Waals surface area contributed by atoms with E-state index in [1.165, 1.54) is 24.8 Å². The number of piperidine rings is 1. The van der Waals surface area contributed by atoms with Gasteiger partial charge in [-0.1, -0.05) is 18.6 Å². The van der Waals surface area contributed by atoms with Crippen LogP contribution >= 0.6 is 11.6 Å². The Morgan fingerprint density at radius 2 is 1.80 bits per heavy atom. The Hall–Kier alpha value is -0.730. The van der Waals surface area contributed by atoms with E-state index in [1.807, 2.05) is 19.1 Å². The number of hydrogen-bond donors (Lipinski definition) is 0. The van der Waals surface area contributed by atoms with Crippen molar-refractivity contribution in [2.45, 2.75) is 57.5 Å². The second kappa shape index (κ2) is 7.33. The first-order chi connectivity index (χ1) is 9.61. The quantitative estimate of drug-likeness (QED) is 0.735. The number of rotatable bonds is 5. The van der Waals surface area contributed by atoms with E-state index in [2.05, 4.69) is 30.9 Å². The SMILES string of the molecule is CCOc1ccc(C(Cl)CN2C(C)CCCC2C)cc1. The summed E-state index contributed by atoms with van der Waals surface area (Å²) in [5.74, 6) is 0.917. The Balaban J connectivity index is 1.98. The van der Waals surface area contributed by atoms with Crippen LogP contribution in [0.2, 0.25) is 0 Å². The van der Waals surface area contributed by atoms with Crippen LogP contribution < -0.4 is 4.74 Å². The molecule has 0 radical (unpaired) electrons. The minimum Gasteiger partial charge on any atom is -0.494 e. The van der Waals surface area contributed by atoms with Crippen molar-refractivity contribution in [3.05, 3.63) is 29.8 Å². The van der Waals surface area contributed by atoms with Crippen LogP contribution in [0.5, 0.6) is 5.75 Å². The van der Waals surface area contributed by atoms with Crippen LogP contribution in [-0.2, 0) is 0 Å². The van der Waals surface area contributed by atoms with E-state index in [1.54, 1.807) is 0 Å². The number of nitrogens with zero attached hydrogens (tertiary/aromatic N) is 1. The minimum absolute atomic E-state index is 0.0497. The molecular weight excluding hydrogens is 270 g/mol. The average Bonchev–Trinajstić information content (AvgIpc) is 2.44. The lowest BCUT2D eigenvalue weighted by Gasteiger charge is -2.40. The second-order valence-corrected chi connectivity index (χ2v) is 6.32. The number of benzene rings is 1. The maximum absolute atomic E-state index is 6.62. The van der Waals surface area contributed by atoms with E-state index in [-0.39, 0.29) is 5.38 Å². The van der Waals surface area contributed by atoms with Crippen molar-refractivity contribution in [3.8, 4) is 5.75 Å². The Morgan fingerprint density at radius 3 is 2.35 bits per heavy atom. The van der Waals surface area contributed by atoms with E-state index >= 15 is 0 Å². The molecule has 1 fully saturated rings. The standard InChI is InChI=1S/C17H26ClNO/c1-4-20-16-10-8-15(9-11-16)17(18)12-19-13(2)6-5-7-14(19)3/h8-11,13-14,17H,4-7,12H2,1-3H3. The molecule has 20 heavy (non-hydrogen) atoms. The Kier molecular flexibility index (Phi) is 5.74. The van der Waals surface area contributed by atoms with Crippen molar-refractivity contribution in [3.63, 3.8) is 0 Å². The first-order valence-corrected chi connectivity index (χ1v) is 8.18. The highest BCUT2D eigenvalue weighted by Crippen LogP contribution is 2.29. The lowest BCUT2D eigenvalue weighted by molar-refractivity contribution is 0.103. The molecule has 0 aromatic heterocycles. The van der Waals surface area contributed by atoms with Crippen LogP contribution in [0.4, 0.5) is 0 Å². The van der Waals surface area contributed by atoms with Gasteiger partial charge in [-0.15, -0.1) is 11.6 Å². The Labute approximate surface area is 128 Å². The highest BCUT2D eigenvalue weighted by molar-refractivity contribution is 6.21. The summed E-state index contributed by atoms with van der Waals surface area (Å²) in [5.41, 5.74) is 1.18. The number of ether oxygens (including phenoxy) is 1. The van der Waals surface area contributed by atoms with Crippen molar-refractivity contribution in [1.29, 1.82) is 0 Å². The zero-order valence-corrected chi connectivity index (χ0v) is 13.6. The normalized spacial score (nSPS) is 25.4. The summed E-state index contributed by atoms with van der Waals surface area (Å²) in [7, 11) is 0. The first kappa shape index (κ1) is 15.7. The smallest absolute Gasteiger partial charge is 0.119 e. The van der Waals surface area contributed by atoms with Crippen LogP contribution in [0.15, 0.2) is 24.3 Å². The summed E-state index contributed by atoms with van der Waals surface area (Å²) in [4.78, 5) is 2.55. The predicted molar refractivity (Wildman–Crippen MR) is 85.7 cm³/mol. The molecule has 112 valence electrons. The third-order valence-corrected chi connectivity index (χ3v) is 4.69.